The maximum atomic E-state index is 10.3. The van der Waals surface area contributed by atoms with Crippen molar-refractivity contribution in [3.63, 3.8) is 0 Å². The Bertz CT molecular complexity index is 70.9. The van der Waals surface area contributed by atoms with Gasteiger partial charge in [0.2, 0.25) is 0 Å². The number of alkyl halides is 1. The Hall–Kier alpha value is 0.400. The van der Waals surface area contributed by atoms with Crippen LogP contribution in [0, 0.1) is 0 Å². The summed E-state index contributed by atoms with van der Waals surface area (Å²) in [5.74, 6) is 0.315. The van der Waals surface area contributed by atoms with Crippen LogP contribution in [0.15, 0.2) is 0 Å². The lowest BCUT2D eigenvalue weighted by Gasteiger charge is -1.89. The number of carbonyl (C=O) groups is 1. The number of Topliss-reactive ketones (excluding diaryl/α,β-unsaturated/α-hetero) is 1. The van der Waals surface area contributed by atoms with Gasteiger partial charge in [-0.25, -0.2) is 0 Å². The number of halogens is 1. The fourth-order valence-corrected chi connectivity index (χ4v) is 1.01. The minimum atomic E-state index is 0.315. The third-order valence-corrected chi connectivity index (χ3v) is 1.68. The van der Waals surface area contributed by atoms with E-state index in [0.717, 1.165) is 12.8 Å². The Balaban J connectivity index is 2.82. The van der Waals surface area contributed by atoms with Crippen molar-refractivity contribution in [2.75, 3.05) is 4.43 Å². The molecule has 0 spiro atoms. The van der Waals surface area contributed by atoms with Crippen LogP contribution in [-0.2, 0) is 4.79 Å². The summed E-state index contributed by atoms with van der Waals surface area (Å²) >= 11 is 2.32. The van der Waals surface area contributed by atoms with Gasteiger partial charge in [0, 0.05) is 6.42 Å². The first-order valence-electron chi connectivity index (χ1n) is 2.82. The standard InChI is InChI=1S/C6H11IO/c1-6(8)4-2-3-5-7/h2-5H2,1H3. The van der Waals surface area contributed by atoms with Crippen molar-refractivity contribution in [3.8, 4) is 0 Å². The molecule has 0 amide bonds. The lowest BCUT2D eigenvalue weighted by molar-refractivity contribution is -0.117. The third kappa shape index (κ3) is 6.40. The van der Waals surface area contributed by atoms with Gasteiger partial charge in [-0.15, -0.1) is 0 Å². The minimum absolute atomic E-state index is 0.315. The van der Waals surface area contributed by atoms with Gasteiger partial charge < -0.3 is 4.79 Å². The lowest BCUT2D eigenvalue weighted by Crippen LogP contribution is -1.88. The second-order valence-corrected chi connectivity index (χ2v) is 2.93. The van der Waals surface area contributed by atoms with E-state index < -0.39 is 0 Å². The molecule has 0 aromatic heterocycles. The summed E-state index contributed by atoms with van der Waals surface area (Å²) in [6.45, 7) is 1.65. The van der Waals surface area contributed by atoms with Crippen LogP contribution in [0.3, 0.4) is 0 Å². The number of hydrogen-bond donors (Lipinski definition) is 0. The van der Waals surface area contributed by atoms with Gasteiger partial charge in [-0.2, -0.15) is 0 Å². The molecule has 48 valence electrons. The van der Waals surface area contributed by atoms with Gasteiger partial charge in [-0.1, -0.05) is 22.6 Å². The van der Waals surface area contributed by atoms with Crippen LogP contribution in [-0.4, -0.2) is 10.2 Å². The maximum absolute atomic E-state index is 10.3. The maximum Gasteiger partial charge on any atom is 0.129 e. The first kappa shape index (κ1) is 8.40. The highest BCUT2D eigenvalue weighted by Gasteiger charge is 1.90. The molecule has 0 heterocycles. The zero-order valence-corrected chi connectivity index (χ0v) is 7.27. The Kier molecular flexibility index (Phi) is 5.81. The number of rotatable bonds is 4. The highest BCUT2D eigenvalue weighted by molar-refractivity contribution is 14.1. The van der Waals surface area contributed by atoms with E-state index in [1.165, 1.54) is 10.8 Å². The molecule has 1 nitrogen and oxygen atoms in total. The highest BCUT2D eigenvalue weighted by atomic mass is 127. The van der Waals surface area contributed by atoms with Crippen molar-refractivity contribution >= 4 is 28.4 Å². The second-order valence-electron chi connectivity index (χ2n) is 1.85. The van der Waals surface area contributed by atoms with Crippen LogP contribution >= 0.6 is 22.6 Å². The number of unbranched alkanes of at least 4 members (excludes halogenated alkanes) is 1. The van der Waals surface area contributed by atoms with E-state index in [2.05, 4.69) is 22.6 Å². The molecule has 2 heteroatoms. The second kappa shape index (κ2) is 5.54. The molecule has 0 bridgehead atoms. The van der Waals surface area contributed by atoms with E-state index in [1.54, 1.807) is 6.92 Å². The van der Waals surface area contributed by atoms with Crippen molar-refractivity contribution < 1.29 is 4.79 Å². The largest absolute Gasteiger partial charge is 0.300 e. The Morgan fingerprint density at radius 2 is 2.12 bits per heavy atom. The summed E-state index contributed by atoms with van der Waals surface area (Å²) in [5, 5.41) is 0. The third-order valence-electron chi connectivity index (χ3n) is 0.912. The summed E-state index contributed by atoms with van der Waals surface area (Å²) in [6.07, 6.45) is 3.02. The molecule has 0 fully saturated rings. The van der Waals surface area contributed by atoms with Gasteiger partial charge in [0.15, 0.2) is 0 Å². The molecular formula is C6H11IO. The van der Waals surface area contributed by atoms with Crippen LogP contribution in [0.25, 0.3) is 0 Å². The van der Waals surface area contributed by atoms with Gasteiger partial charge in [-0.3, -0.25) is 0 Å². The van der Waals surface area contributed by atoms with Gasteiger partial charge in [0.25, 0.3) is 0 Å². The fourth-order valence-electron chi connectivity index (χ4n) is 0.468. The molecular weight excluding hydrogens is 215 g/mol. The first-order valence-corrected chi connectivity index (χ1v) is 4.35. The van der Waals surface area contributed by atoms with Gasteiger partial charge in [-0.05, 0) is 24.2 Å². The number of hydrogen-bond acceptors (Lipinski definition) is 1. The fraction of sp³-hybridized carbons (Fsp3) is 0.833. The van der Waals surface area contributed by atoms with Crippen molar-refractivity contribution in [1.82, 2.24) is 0 Å². The summed E-state index contributed by atoms with van der Waals surface area (Å²) in [5.41, 5.74) is 0. The van der Waals surface area contributed by atoms with E-state index >= 15 is 0 Å². The van der Waals surface area contributed by atoms with Gasteiger partial charge >= 0.3 is 0 Å². The Morgan fingerprint density at radius 3 is 2.50 bits per heavy atom. The molecule has 0 aliphatic rings. The van der Waals surface area contributed by atoms with E-state index in [4.69, 9.17) is 0 Å². The van der Waals surface area contributed by atoms with E-state index in [1.807, 2.05) is 0 Å². The van der Waals surface area contributed by atoms with Crippen LogP contribution in [0.4, 0.5) is 0 Å². The average molecular weight is 226 g/mol. The molecule has 0 aromatic carbocycles. The van der Waals surface area contributed by atoms with Crippen molar-refractivity contribution in [3.05, 3.63) is 0 Å². The van der Waals surface area contributed by atoms with Crippen LogP contribution in [0.5, 0.6) is 0 Å². The smallest absolute Gasteiger partial charge is 0.129 e. The predicted molar refractivity (Wildman–Crippen MR) is 43.4 cm³/mol. The average Bonchev–Trinajstić information content (AvgIpc) is 1.66. The van der Waals surface area contributed by atoms with Crippen LogP contribution < -0.4 is 0 Å². The Labute approximate surface area is 64.0 Å². The zero-order chi connectivity index (χ0) is 6.41. The SMILES string of the molecule is CC(=O)CCCCI. The van der Waals surface area contributed by atoms with Gasteiger partial charge in [0.1, 0.15) is 5.78 Å². The molecule has 0 N–H and O–H groups in total. The molecule has 0 saturated carbocycles. The van der Waals surface area contributed by atoms with Crippen molar-refractivity contribution in [1.29, 1.82) is 0 Å². The topological polar surface area (TPSA) is 17.1 Å². The first-order chi connectivity index (χ1) is 3.77. The van der Waals surface area contributed by atoms with Crippen molar-refractivity contribution in [2.45, 2.75) is 26.2 Å². The molecule has 0 rings (SSSR count). The minimum Gasteiger partial charge on any atom is -0.300 e. The summed E-state index contributed by atoms with van der Waals surface area (Å²) < 4.78 is 1.17. The molecule has 0 aliphatic heterocycles. The van der Waals surface area contributed by atoms with Crippen LogP contribution in [0.1, 0.15) is 26.2 Å². The molecule has 0 unspecified atom stereocenters. The lowest BCUT2D eigenvalue weighted by atomic mass is 10.2. The predicted octanol–water partition coefficient (Wildman–Crippen LogP) is 2.18. The molecule has 8 heavy (non-hydrogen) atoms. The Morgan fingerprint density at radius 1 is 1.50 bits per heavy atom. The molecule has 0 aromatic rings. The quantitative estimate of drug-likeness (QED) is 0.408. The van der Waals surface area contributed by atoms with Gasteiger partial charge in [0.05, 0.1) is 0 Å². The highest BCUT2D eigenvalue weighted by Crippen LogP contribution is 1.98. The molecule has 0 atom stereocenters. The molecule has 0 saturated heterocycles. The molecule has 0 radical (unpaired) electrons. The normalized spacial score (nSPS) is 9.25. The van der Waals surface area contributed by atoms with Crippen LogP contribution in [0.2, 0.25) is 0 Å². The number of ketones is 1. The monoisotopic (exact) mass is 226 g/mol. The number of carbonyl (C=O) groups excluding carboxylic acids is 1. The summed E-state index contributed by atoms with van der Waals surface area (Å²) in [6, 6.07) is 0. The zero-order valence-electron chi connectivity index (χ0n) is 5.11. The summed E-state index contributed by atoms with van der Waals surface area (Å²) in [4.78, 5) is 10.3. The van der Waals surface area contributed by atoms with E-state index in [9.17, 15) is 4.79 Å². The van der Waals surface area contributed by atoms with E-state index in [0.29, 0.717) is 5.78 Å². The molecule has 0 aliphatic carbocycles. The van der Waals surface area contributed by atoms with E-state index in [-0.39, 0.29) is 0 Å². The van der Waals surface area contributed by atoms with Crippen molar-refractivity contribution in [2.24, 2.45) is 0 Å². The summed E-state index contributed by atoms with van der Waals surface area (Å²) in [7, 11) is 0.